The Morgan fingerprint density at radius 2 is 1.81 bits per heavy atom. The zero-order valence-corrected chi connectivity index (χ0v) is 15.9. The summed E-state index contributed by atoms with van der Waals surface area (Å²) in [6.45, 7) is 2.67. The molecule has 2 nitrogen and oxygen atoms in total. The van der Waals surface area contributed by atoms with E-state index in [0.29, 0.717) is 17.1 Å². The van der Waals surface area contributed by atoms with Crippen LogP contribution in [0.3, 0.4) is 0 Å². The summed E-state index contributed by atoms with van der Waals surface area (Å²) in [4.78, 5) is 12.4. The molecule has 0 aliphatic rings. The van der Waals surface area contributed by atoms with Gasteiger partial charge in [0.15, 0.2) is 5.78 Å². The van der Waals surface area contributed by atoms with Gasteiger partial charge in [-0.05, 0) is 37.1 Å². The van der Waals surface area contributed by atoms with Crippen molar-refractivity contribution in [1.29, 1.82) is 0 Å². The summed E-state index contributed by atoms with van der Waals surface area (Å²) in [5.41, 5.74) is 2.57. The summed E-state index contributed by atoms with van der Waals surface area (Å²) in [7, 11) is 0. The summed E-state index contributed by atoms with van der Waals surface area (Å²) in [6, 6.07) is 16.8. The number of carbonyl (C=O) groups excluding carboxylic acids is 1. The van der Waals surface area contributed by atoms with Crippen LogP contribution in [-0.4, -0.2) is 12.3 Å². The zero-order valence-electron chi connectivity index (χ0n) is 15.1. The smallest absolute Gasteiger partial charge is 0.187 e. The van der Waals surface area contributed by atoms with Gasteiger partial charge in [0.25, 0.3) is 0 Å². The van der Waals surface area contributed by atoms with Crippen molar-refractivity contribution in [3.8, 4) is 11.8 Å². The third-order valence-electron chi connectivity index (χ3n) is 3.89. The van der Waals surface area contributed by atoms with Gasteiger partial charge in [-0.1, -0.05) is 73.5 Å². The Balaban J connectivity index is 1.99. The fourth-order valence-corrected chi connectivity index (χ4v) is 2.58. The highest BCUT2D eigenvalue weighted by Crippen LogP contribution is 2.10. The lowest BCUT2D eigenvalue weighted by molar-refractivity contribution is 0.104. The number of unbranched alkanes of at least 4 members (excludes halogenated alkanes) is 2. The van der Waals surface area contributed by atoms with E-state index in [9.17, 15) is 4.79 Å². The second-order valence-corrected chi connectivity index (χ2v) is 6.46. The normalized spacial score (nSPS) is 10.8. The molecule has 0 aromatic heterocycles. The third-order valence-corrected chi connectivity index (χ3v) is 4.15. The molecule has 2 aromatic carbocycles. The first-order valence-electron chi connectivity index (χ1n) is 8.97. The van der Waals surface area contributed by atoms with Gasteiger partial charge in [0.1, 0.15) is 0 Å². The Morgan fingerprint density at radius 1 is 1.08 bits per heavy atom. The Labute approximate surface area is 161 Å². The molecule has 0 spiro atoms. The van der Waals surface area contributed by atoms with Crippen LogP contribution in [0.25, 0.3) is 0 Å². The third kappa shape index (κ3) is 7.17. The number of hydrogen-bond acceptors (Lipinski definition) is 2. The van der Waals surface area contributed by atoms with Crippen molar-refractivity contribution < 1.29 is 4.79 Å². The van der Waals surface area contributed by atoms with Gasteiger partial charge in [-0.15, -0.1) is 0 Å². The van der Waals surface area contributed by atoms with Crippen LogP contribution in [0.4, 0.5) is 0 Å². The minimum Gasteiger partial charge on any atom is -0.377 e. The molecule has 0 aliphatic heterocycles. The largest absolute Gasteiger partial charge is 0.377 e. The summed E-state index contributed by atoms with van der Waals surface area (Å²) in [5.74, 6) is 6.22. The number of halogens is 1. The molecule has 0 radical (unpaired) electrons. The molecule has 0 fully saturated rings. The number of nitrogens with one attached hydrogen (secondary N) is 1. The number of hydrogen-bond donors (Lipinski definition) is 1. The molecule has 0 aliphatic carbocycles. The van der Waals surface area contributed by atoms with Gasteiger partial charge in [0.05, 0.1) is 6.54 Å². The van der Waals surface area contributed by atoms with E-state index in [0.717, 1.165) is 36.9 Å². The summed E-state index contributed by atoms with van der Waals surface area (Å²) in [6.07, 6.45) is 5.91. The number of ketones is 1. The summed E-state index contributed by atoms with van der Waals surface area (Å²) >= 11 is 5.87. The van der Waals surface area contributed by atoms with Gasteiger partial charge in [0.2, 0.25) is 0 Å². The lowest BCUT2D eigenvalue weighted by Gasteiger charge is -2.08. The van der Waals surface area contributed by atoms with Gasteiger partial charge in [-0.25, -0.2) is 0 Å². The monoisotopic (exact) mass is 365 g/mol. The van der Waals surface area contributed by atoms with E-state index in [1.165, 1.54) is 0 Å². The zero-order chi connectivity index (χ0) is 18.6. The van der Waals surface area contributed by atoms with Crippen LogP contribution in [0.5, 0.6) is 0 Å². The van der Waals surface area contributed by atoms with Crippen LogP contribution >= 0.6 is 11.6 Å². The van der Waals surface area contributed by atoms with Gasteiger partial charge < -0.3 is 5.32 Å². The highest BCUT2D eigenvalue weighted by molar-refractivity contribution is 6.30. The molecule has 0 bridgehead atoms. The standard InChI is InChI=1S/C23H24ClNO/c1-2-3-5-12-22(18-23(26)20-10-6-4-7-11-20)25-17-8-9-19-13-15-21(24)16-14-19/h4,6-7,10-11,13-16,18,25H,2-3,5,12,17H2,1H3/b22-18-. The van der Waals surface area contributed by atoms with E-state index in [1.807, 2.05) is 54.6 Å². The molecule has 2 aromatic rings. The van der Waals surface area contributed by atoms with Gasteiger partial charge >= 0.3 is 0 Å². The lowest BCUT2D eigenvalue weighted by Crippen LogP contribution is -2.15. The van der Waals surface area contributed by atoms with Crippen molar-refractivity contribution in [1.82, 2.24) is 5.32 Å². The highest BCUT2D eigenvalue weighted by Gasteiger charge is 2.04. The molecule has 0 saturated heterocycles. The first-order chi connectivity index (χ1) is 12.7. The molecule has 0 atom stereocenters. The Hall–Kier alpha value is -2.50. The summed E-state index contributed by atoms with van der Waals surface area (Å²) in [5, 5.41) is 4.00. The minimum atomic E-state index is 0.0234. The van der Waals surface area contributed by atoms with Crippen molar-refractivity contribution in [3.05, 3.63) is 82.5 Å². The topological polar surface area (TPSA) is 29.1 Å². The molecular formula is C23H24ClNO. The predicted octanol–water partition coefficient (Wildman–Crippen LogP) is 5.63. The number of allylic oxidation sites excluding steroid dienone is 2. The molecular weight excluding hydrogens is 342 g/mol. The average Bonchev–Trinajstić information content (AvgIpc) is 2.67. The van der Waals surface area contributed by atoms with E-state index in [1.54, 1.807) is 6.08 Å². The van der Waals surface area contributed by atoms with Gasteiger partial charge in [-0.3, -0.25) is 4.79 Å². The minimum absolute atomic E-state index is 0.0234. The maximum atomic E-state index is 12.4. The lowest BCUT2D eigenvalue weighted by atomic mass is 10.1. The fourth-order valence-electron chi connectivity index (χ4n) is 2.46. The Kier molecular flexibility index (Phi) is 8.52. The molecule has 1 N–H and O–H groups in total. The fraction of sp³-hybridized carbons (Fsp3) is 0.261. The van der Waals surface area contributed by atoms with Crippen LogP contribution in [-0.2, 0) is 0 Å². The van der Waals surface area contributed by atoms with Crippen molar-refractivity contribution in [2.24, 2.45) is 0 Å². The van der Waals surface area contributed by atoms with E-state index < -0.39 is 0 Å². The number of rotatable bonds is 8. The van der Waals surface area contributed by atoms with E-state index >= 15 is 0 Å². The Morgan fingerprint density at radius 3 is 2.50 bits per heavy atom. The first-order valence-corrected chi connectivity index (χ1v) is 9.35. The van der Waals surface area contributed by atoms with Gasteiger partial charge in [0, 0.05) is 27.9 Å². The predicted molar refractivity (Wildman–Crippen MR) is 109 cm³/mol. The molecule has 2 rings (SSSR count). The van der Waals surface area contributed by atoms with E-state index in [4.69, 9.17) is 11.6 Å². The quantitative estimate of drug-likeness (QED) is 0.284. The van der Waals surface area contributed by atoms with Crippen LogP contribution in [0.1, 0.15) is 48.5 Å². The molecule has 0 unspecified atom stereocenters. The van der Waals surface area contributed by atoms with Crippen LogP contribution in [0, 0.1) is 11.8 Å². The van der Waals surface area contributed by atoms with Gasteiger partial charge in [-0.2, -0.15) is 0 Å². The van der Waals surface area contributed by atoms with Crippen LogP contribution in [0.2, 0.25) is 5.02 Å². The van der Waals surface area contributed by atoms with Crippen molar-refractivity contribution in [2.45, 2.75) is 32.6 Å². The first kappa shape index (κ1) is 19.8. The number of benzene rings is 2. The second kappa shape index (κ2) is 11.2. The van der Waals surface area contributed by atoms with Crippen LogP contribution < -0.4 is 5.32 Å². The number of carbonyl (C=O) groups is 1. The molecule has 0 saturated carbocycles. The maximum Gasteiger partial charge on any atom is 0.187 e. The average molecular weight is 366 g/mol. The molecule has 26 heavy (non-hydrogen) atoms. The van der Waals surface area contributed by atoms with Crippen molar-refractivity contribution in [3.63, 3.8) is 0 Å². The molecule has 0 heterocycles. The SMILES string of the molecule is CCCCC/C(=C/C(=O)c1ccccc1)NCC#Cc1ccc(Cl)cc1. The Bertz CT molecular complexity index is 782. The highest BCUT2D eigenvalue weighted by atomic mass is 35.5. The molecule has 0 amide bonds. The van der Waals surface area contributed by atoms with E-state index in [2.05, 4.69) is 24.1 Å². The van der Waals surface area contributed by atoms with E-state index in [-0.39, 0.29) is 5.78 Å². The molecule has 3 heteroatoms. The second-order valence-electron chi connectivity index (χ2n) is 6.02. The van der Waals surface area contributed by atoms with Crippen LogP contribution in [0.15, 0.2) is 66.4 Å². The molecule has 134 valence electrons. The maximum absolute atomic E-state index is 12.4. The summed E-state index contributed by atoms with van der Waals surface area (Å²) < 4.78 is 0. The van der Waals surface area contributed by atoms with Crippen molar-refractivity contribution >= 4 is 17.4 Å². The van der Waals surface area contributed by atoms with Crippen molar-refractivity contribution in [2.75, 3.05) is 6.54 Å².